The predicted molar refractivity (Wildman–Crippen MR) is 108 cm³/mol. The Morgan fingerprint density at radius 2 is 1.93 bits per heavy atom. The number of hydrogen-bond acceptors (Lipinski definition) is 5. The van der Waals surface area contributed by atoms with Gasteiger partial charge in [-0.05, 0) is 51.0 Å². The molecule has 2 rings (SSSR count). The molecule has 1 aliphatic heterocycles. The fraction of sp³-hybridized carbons (Fsp3) is 0.632. The summed E-state index contributed by atoms with van der Waals surface area (Å²) >= 11 is 0. The Kier molecular flexibility index (Phi) is 8.37. The molecule has 1 heterocycles. The van der Waals surface area contributed by atoms with Gasteiger partial charge in [0.25, 0.3) is 0 Å². The number of benzene rings is 1. The summed E-state index contributed by atoms with van der Waals surface area (Å²) in [5, 5.41) is 2.84. The first-order valence-corrected chi connectivity index (χ1v) is 11.4. The van der Waals surface area contributed by atoms with E-state index in [2.05, 4.69) is 10.2 Å². The third kappa shape index (κ3) is 7.38. The van der Waals surface area contributed by atoms with Gasteiger partial charge >= 0.3 is 0 Å². The number of likely N-dealkylation sites (tertiary alicyclic amines) is 1. The first kappa shape index (κ1) is 21.5. The summed E-state index contributed by atoms with van der Waals surface area (Å²) in [6.45, 7) is 3.53. The number of methoxy groups -OCH3 is 1. The number of ether oxygens (including phenoxy) is 1. The van der Waals surface area contributed by atoms with E-state index in [-0.39, 0.29) is 12.5 Å². The van der Waals surface area contributed by atoms with Gasteiger partial charge in [-0.1, -0.05) is 18.9 Å². The van der Waals surface area contributed by atoms with Crippen LogP contribution in [0.3, 0.4) is 0 Å². The average Bonchev–Trinajstić information content (AvgIpc) is 2.91. The molecule has 0 saturated carbocycles. The minimum atomic E-state index is -3.58. The minimum Gasteiger partial charge on any atom is -0.497 e. The Bertz CT molecular complexity index is 701. The maximum absolute atomic E-state index is 12.3. The number of carbonyl (C=O) groups excluding carboxylic acids is 1. The second kappa shape index (κ2) is 10.5. The van der Waals surface area contributed by atoms with Crippen molar-refractivity contribution >= 4 is 21.6 Å². The van der Waals surface area contributed by atoms with Crippen molar-refractivity contribution in [1.29, 1.82) is 0 Å². The molecular weight excluding hydrogens is 366 g/mol. The number of nitrogens with one attached hydrogen (secondary N) is 1. The molecule has 1 N–H and O–H groups in total. The first-order chi connectivity index (χ1) is 12.9. The van der Waals surface area contributed by atoms with E-state index in [0.29, 0.717) is 18.0 Å². The number of hydrogen-bond donors (Lipinski definition) is 1. The summed E-state index contributed by atoms with van der Waals surface area (Å²) in [4.78, 5) is 14.7. The van der Waals surface area contributed by atoms with Crippen molar-refractivity contribution in [1.82, 2.24) is 10.2 Å². The normalized spacial score (nSPS) is 15.8. The van der Waals surface area contributed by atoms with Crippen LogP contribution in [0.5, 0.6) is 5.75 Å². The van der Waals surface area contributed by atoms with Gasteiger partial charge in [0.2, 0.25) is 15.9 Å². The molecule has 0 aromatic heterocycles. The van der Waals surface area contributed by atoms with Crippen LogP contribution in [-0.4, -0.2) is 65.3 Å². The molecule has 1 amide bonds. The van der Waals surface area contributed by atoms with Gasteiger partial charge < -0.3 is 15.0 Å². The summed E-state index contributed by atoms with van der Waals surface area (Å²) in [7, 11) is -2.07. The zero-order chi connectivity index (χ0) is 19.7. The Morgan fingerprint density at radius 3 is 2.56 bits per heavy atom. The van der Waals surface area contributed by atoms with E-state index in [1.54, 1.807) is 24.3 Å². The highest BCUT2D eigenvalue weighted by atomic mass is 32.2. The van der Waals surface area contributed by atoms with Crippen LogP contribution < -0.4 is 14.4 Å². The van der Waals surface area contributed by atoms with Crippen LogP contribution in [0, 0.1) is 0 Å². The highest BCUT2D eigenvalue weighted by Crippen LogP contribution is 2.22. The van der Waals surface area contributed by atoms with Crippen LogP contribution >= 0.6 is 0 Å². The van der Waals surface area contributed by atoms with Gasteiger partial charge in [-0.2, -0.15) is 0 Å². The molecule has 0 bridgehead atoms. The number of amides is 1. The van der Waals surface area contributed by atoms with Crippen molar-refractivity contribution in [2.45, 2.75) is 32.1 Å². The van der Waals surface area contributed by atoms with Gasteiger partial charge in [0.15, 0.2) is 0 Å². The van der Waals surface area contributed by atoms with Crippen LogP contribution in [0.2, 0.25) is 0 Å². The standard InChI is InChI=1S/C19H31N3O4S/c1-26-18-10-7-9-17(15-18)22(27(2,24)25)16-19(23)20-11-8-14-21-12-5-3-4-6-13-21/h7,9-10,15H,3-6,8,11-14,16H2,1-2H3,(H,20,23). The monoisotopic (exact) mass is 397 g/mol. The Labute approximate surface area is 162 Å². The maximum Gasteiger partial charge on any atom is 0.240 e. The van der Waals surface area contributed by atoms with Crippen molar-refractivity contribution in [3.05, 3.63) is 24.3 Å². The molecule has 1 aromatic rings. The lowest BCUT2D eigenvalue weighted by Gasteiger charge is -2.23. The molecule has 1 fully saturated rings. The fourth-order valence-electron chi connectivity index (χ4n) is 3.24. The predicted octanol–water partition coefficient (Wildman–Crippen LogP) is 1.84. The minimum absolute atomic E-state index is 0.240. The summed E-state index contributed by atoms with van der Waals surface area (Å²) in [6, 6.07) is 6.68. The zero-order valence-corrected chi connectivity index (χ0v) is 17.1. The maximum atomic E-state index is 12.3. The summed E-state index contributed by atoms with van der Waals surface area (Å²) in [6.07, 6.45) is 7.06. The molecule has 0 spiro atoms. The van der Waals surface area contributed by atoms with Gasteiger partial charge in [-0.15, -0.1) is 0 Å². The smallest absolute Gasteiger partial charge is 0.240 e. The van der Waals surface area contributed by atoms with Gasteiger partial charge in [0.1, 0.15) is 12.3 Å². The number of rotatable bonds is 9. The van der Waals surface area contributed by atoms with E-state index in [1.165, 1.54) is 32.8 Å². The van der Waals surface area contributed by atoms with E-state index in [0.717, 1.165) is 36.6 Å². The van der Waals surface area contributed by atoms with Gasteiger partial charge in [0.05, 0.1) is 19.1 Å². The lowest BCUT2D eigenvalue weighted by atomic mass is 10.2. The number of nitrogens with zero attached hydrogens (tertiary/aromatic N) is 2. The molecule has 1 saturated heterocycles. The Balaban J connectivity index is 1.85. The van der Waals surface area contributed by atoms with Crippen molar-refractivity contribution in [3.63, 3.8) is 0 Å². The topological polar surface area (TPSA) is 79.0 Å². The lowest BCUT2D eigenvalue weighted by molar-refractivity contribution is -0.119. The van der Waals surface area contributed by atoms with Gasteiger partial charge in [-0.3, -0.25) is 9.10 Å². The van der Waals surface area contributed by atoms with E-state index < -0.39 is 10.0 Å². The summed E-state index contributed by atoms with van der Waals surface area (Å²) in [5.74, 6) is 0.234. The fourth-order valence-corrected chi connectivity index (χ4v) is 4.09. The number of anilines is 1. The van der Waals surface area contributed by atoms with Crippen molar-refractivity contribution in [2.24, 2.45) is 0 Å². The molecule has 152 valence electrons. The highest BCUT2D eigenvalue weighted by molar-refractivity contribution is 7.92. The quantitative estimate of drug-likeness (QED) is 0.644. The average molecular weight is 398 g/mol. The molecular formula is C19H31N3O4S. The second-order valence-corrected chi connectivity index (χ2v) is 8.84. The molecule has 1 aliphatic rings. The SMILES string of the molecule is COc1cccc(N(CC(=O)NCCCN2CCCCCC2)S(C)(=O)=O)c1. The third-order valence-corrected chi connectivity index (χ3v) is 5.84. The molecule has 8 heteroatoms. The molecule has 0 unspecified atom stereocenters. The number of carbonyl (C=O) groups is 1. The van der Waals surface area contributed by atoms with Crippen LogP contribution in [-0.2, 0) is 14.8 Å². The highest BCUT2D eigenvalue weighted by Gasteiger charge is 2.21. The van der Waals surface area contributed by atoms with Crippen LogP contribution in [0.15, 0.2) is 24.3 Å². The Hall–Kier alpha value is -1.80. The van der Waals surface area contributed by atoms with Crippen LogP contribution in [0.25, 0.3) is 0 Å². The zero-order valence-electron chi connectivity index (χ0n) is 16.3. The molecule has 1 aromatic carbocycles. The molecule has 0 atom stereocenters. The van der Waals surface area contributed by atoms with Crippen molar-refractivity contribution in [2.75, 3.05) is 50.4 Å². The molecule has 27 heavy (non-hydrogen) atoms. The third-order valence-electron chi connectivity index (χ3n) is 4.70. The second-order valence-electron chi connectivity index (χ2n) is 6.93. The van der Waals surface area contributed by atoms with E-state index >= 15 is 0 Å². The van der Waals surface area contributed by atoms with Gasteiger partial charge in [0, 0.05) is 12.6 Å². The molecule has 7 nitrogen and oxygen atoms in total. The molecule has 0 radical (unpaired) electrons. The summed E-state index contributed by atoms with van der Waals surface area (Å²) in [5.41, 5.74) is 0.413. The van der Waals surface area contributed by atoms with Crippen molar-refractivity contribution < 1.29 is 17.9 Å². The summed E-state index contributed by atoms with van der Waals surface area (Å²) < 4.78 is 30.5. The van der Waals surface area contributed by atoms with Crippen LogP contribution in [0.4, 0.5) is 5.69 Å². The van der Waals surface area contributed by atoms with Gasteiger partial charge in [-0.25, -0.2) is 8.42 Å². The largest absolute Gasteiger partial charge is 0.497 e. The van der Waals surface area contributed by atoms with E-state index in [4.69, 9.17) is 4.74 Å². The lowest BCUT2D eigenvalue weighted by Crippen LogP contribution is -2.41. The number of sulfonamides is 1. The Morgan fingerprint density at radius 1 is 1.22 bits per heavy atom. The van der Waals surface area contributed by atoms with E-state index in [1.807, 2.05) is 0 Å². The van der Waals surface area contributed by atoms with E-state index in [9.17, 15) is 13.2 Å². The van der Waals surface area contributed by atoms with Crippen molar-refractivity contribution in [3.8, 4) is 5.75 Å². The molecule has 0 aliphatic carbocycles. The first-order valence-electron chi connectivity index (χ1n) is 9.51. The van der Waals surface area contributed by atoms with Crippen LogP contribution in [0.1, 0.15) is 32.1 Å².